The summed E-state index contributed by atoms with van der Waals surface area (Å²) in [6.45, 7) is 2.35. The first-order valence-corrected chi connectivity index (χ1v) is 5.67. The van der Waals surface area contributed by atoms with E-state index in [-0.39, 0.29) is 12.3 Å². The minimum atomic E-state index is -0.424. The summed E-state index contributed by atoms with van der Waals surface area (Å²) >= 11 is 0. The number of carbonyl (C=O) groups excluding carboxylic acids is 2. The van der Waals surface area contributed by atoms with Crippen molar-refractivity contribution < 1.29 is 9.59 Å². The first-order valence-electron chi connectivity index (χ1n) is 5.67. The number of hydrogen-bond acceptors (Lipinski definition) is 3. The fourth-order valence-electron chi connectivity index (χ4n) is 1.93. The Bertz CT molecular complexity index is 459. The second-order valence-corrected chi connectivity index (χ2v) is 4.15. The highest BCUT2D eigenvalue weighted by molar-refractivity contribution is 5.99. The Labute approximate surface area is 99.6 Å². The molecule has 1 aliphatic heterocycles. The van der Waals surface area contributed by atoms with Crippen LogP contribution in [0.1, 0.15) is 19.0 Å². The van der Waals surface area contributed by atoms with E-state index in [0.29, 0.717) is 12.4 Å². The molecule has 0 radical (unpaired) electrons. The molecule has 1 aromatic rings. The number of rotatable bonds is 3. The van der Waals surface area contributed by atoms with Crippen molar-refractivity contribution in [3.63, 3.8) is 0 Å². The van der Waals surface area contributed by atoms with Gasteiger partial charge >= 0.3 is 0 Å². The summed E-state index contributed by atoms with van der Waals surface area (Å²) in [5.74, 6) is -0.297. The molecule has 1 atom stereocenters. The number of nitrogens with zero attached hydrogens (tertiary/aromatic N) is 2. The van der Waals surface area contributed by atoms with Gasteiger partial charge in [-0.2, -0.15) is 0 Å². The molecule has 1 saturated heterocycles. The highest BCUT2D eigenvalue weighted by Crippen LogP contribution is 2.23. The second-order valence-electron chi connectivity index (χ2n) is 4.15. The molecule has 0 aromatic carbocycles. The summed E-state index contributed by atoms with van der Waals surface area (Å²) in [6, 6.07) is 5.56. The summed E-state index contributed by atoms with van der Waals surface area (Å²) in [5, 5.41) is 0. The van der Waals surface area contributed by atoms with Crippen molar-refractivity contribution in [3.8, 4) is 0 Å². The third kappa shape index (κ3) is 2.27. The number of nitrogens with two attached hydrogens (primary N) is 1. The van der Waals surface area contributed by atoms with Crippen molar-refractivity contribution in [2.24, 2.45) is 11.7 Å². The van der Waals surface area contributed by atoms with Crippen LogP contribution in [-0.2, 0) is 16.0 Å². The molecule has 0 spiro atoms. The Hall–Kier alpha value is -1.91. The van der Waals surface area contributed by atoms with E-state index in [9.17, 15) is 9.59 Å². The summed E-state index contributed by atoms with van der Waals surface area (Å²) in [4.78, 5) is 28.7. The third-order valence-electron chi connectivity index (χ3n) is 2.96. The summed E-state index contributed by atoms with van der Waals surface area (Å²) in [5.41, 5.74) is 6.15. The maximum absolute atomic E-state index is 11.8. The molecule has 2 rings (SSSR count). The van der Waals surface area contributed by atoms with E-state index in [4.69, 9.17) is 5.73 Å². The van der Waals surface area contributed by atoms with E-state index in [0.717, 1.165) is 12.1 Å². The van der Waals surface area contributed by atoms with Crippen molar-refractivity contribution in [1.29, 1.82) is 0 Å². The van der Waals surface area contributed by atoms with Gasteiger partial charge in [0.1, 0.15) is 5.82 Å². The number of pyridine rings is 1. The fraction of sp³-hybridized carbons (Fsp3) is 0.417. The highest BCUT2D eigenvalue weighted by atomic mass is 16.2. The molecule has 2 N–H and O–H groups in total. The zero-order valence-corrected chi connectivity index (χ0v) is 9.72. The number of aryl methyl sites for hydroxylation is 1. The van der Waals surface area contributed by atoms with Gasteiger partial charge in [0.15, 0.2) is 0 Å². The molecule has 2 heterocycles. The van der Waals surface area contributed by atoms with E-state index in [1.54, 1.807) is 6.07 Å². The summed E-state index contributed by atoms with van der Waals surface area (Å²) in [6.07, 6.45) is 1.00. The number of anilines is 1. The largest absolute Gasteiger partial charge is 0.369 e. The SMILES string of the molecule is CCc1cccc(N2CC(C(N)=O)CC2=O)n1. The number of hydrogen-bond donors (Lipinski definition) is 1. The Morgan fingerprint density at radius 3 is 2.94 bits per heavy atom. The van der Waals surface area contributed by atoms with Crippen molar-refractivity contribution in [2.75, 3.05) is 11.4 Å². The van der Waals surface area contributed by atoms with Crippen LogP contribution in [0.25, 0.3) is 0 Å². The third-order valence-corrected chi connectivity index (χ3v) is 2.96. The average molecular weight is 233 g/mol. The van der Waals surface area contributed by atoms with E-state index in [2.05, 4.69) is 4.98 Å². The Morgan fingerprint density at radius 1 is 1.59 bits per heavy atom. The molecular weight excluding hydrogens is 218 g/mol. The molecule has 5 nitrogen and oxygen atoms in total. The van der Waals surface area contributed by atoms with Crippen LogP contribution in [-0.4, -0.2) is 23.3 Å². The number of aromatic nitrogens is 1. The Morgan fingerprint density at radius 2 is 2.35 bits per heavy atom. The molecule has 0 aliphatic carbocycles. The number of carbonyl (C=O) groups is 2. The van der Waals surface area contributed by atoms with Gasteiger partial charge in [-0.25, -0.2) is 4.98 Å². The van der Waals surface area contributed by atoms with Crippen LogP contribution in [0.2, 0.25) is 0 Å². The molecule has 1 aliphatic rings. The van der Waals surface area contributed by atoms with Crippen LogP contribution in [0.4, 0.5) is 5.82 Å². The first-order chi connectivity index (χ1) is 8.11. The van der Waals surface area contributed by atoms with Gasteiger partial charge < -0.3 is 5.73 Å². The quantitative estimate of drug-likeness (QED) is 0.825. The molecule has 90 valence electrons. The molecule has 1 fully saturated rings. The van der Waals surface area contributed by atoms with Crippen molar-refractivity contribution in [3.05, 3.63) is 23.9 Å². The normalized spacial score (nSPS) is 19.7. The standard InChI is InChI=1S/C12H15N3O2/c1-2-9-4-3-5-10(14-9)15-7-8(12(13)17)6-11(15)16/h3-5,8H,2,6-7H2,1H3,(H2,13,17). The molecule has 2 amide bonds. The molecule has 1 unspecified atom stereocenters. The van der Waals surface area contributed by atoms with Gasteiger partial charge in [0.2, 0.25) is 11.8 Å². The van der Waals surface area contributed by atoms with Gasteiger partial charge in [0.05, 0.1) is 5.92 Å². The number of amides is 2. The molecule has 17 heavy (non-hydrogen) atoms. The molecule has 0 saturated carbocycles. The van der Waals surface area contributed by atoms with Gasteiger partial charge in [0, 0.05) is 18.7 Å². The predicted molar refractivity (Wildman–Crippen MR) is 63.3 cm³/mol. The van der Waals surface area contributed by atoms with E-state index in [1.807, 2.05) is 19.1 Å². The minimum Gasteiger partial charge on any atom is -0.369 e. The van der Waals surface area contributed by atoms with Crippen LogP contribution >= 0.6 is 0 Å². The number of primary amides is 1. The average Bonchev–Trinajstić information content (AvgIpc) is 2.72. The van der Waals surface area contributed by atoms with E-state index in [1.165, 1.54) is 4.90 Å². The fourth-order valence-corrected chi connectivity index (χ4v) is 1.93. The van der Waals surface area contributed by atoms with Crippen molar-refractivity contribution in [1.82, 2.24) is 4.98 Å². The lowest BCUT2D eigenvalue weighted by atomic mass is 10.1. The molecule has 5 heteroatoms. The van der Waals surface area contributed by atoms with Gasteiger partial charge in [-0.3, -0.25) is 14.5 Å². The maximum Gasteiger partial charge on any atom is 0.229 e. The topological polar surface area (TPSA) is 76.3 Å². The Balaban J connectivity index is 2.22. The molecular formula is C12H15N3O2. The van der Waals surface area contributed by atoms with Gasteiger partial charge in [0.25, 0.3) is 0 Å². The van der Waals surface area contributed by atoms with Gasteiger partial charge in [-0.1, -0.05) is 13.0 Å². The highest BCUT2D eigenvalue weighted by Gasteiger charge is 2.34. The lowest BCUT2D eigenvalue weighted by Crippen LogP contribution is -2.29. The van der Waals surface area contributed by atoms with Crippen LogP contribution in [0.15, 0.2) is 18.2 Å². The van der Waals surface area contributed by atoms with Crippen molar-refractivity contribution in [2.45, 2.75) is 19.8 Å². The smallest absolute Gasteiger partial charge is 0.229 e. The molecule has 0 bridgehead atoms. The van der Waals surface area contributed by atoms with E-state index < -0.39 is 11.8 Å². The van der Waals surface area contributed by atoms with Crippen LogP contribution < -0.4 is 10.6 Å². The Kier molecular flexibility index (Phi) is 3.08. The summed E-state index contributed by atoms with van der Waals surface area (Å²) in [7, 11) is 0. The zero-order valence-electron chi connectivity index (χ0n) is 9.72. The monoisotopic (exact) mass is 233 g/mol. The van der Waals surface area contributed by atoms with Gasteiger partial charge in [-0.15, -0.1) is 0 Å². The zero-order chi connectivity index (χ0) is 12.4. The van der Waals surface area contributed by atoms with Crippen molar-refractivity contribution >= 4 is 17.6 Å². The lowest BCUT2D eigenvalue weighted by molar-refractivity contribution is -0.123. The van der Waals surface area contributed by atoms with Crippen LogP contribution in [0, 0.1) is 5.92 Å². The summed E-state index contributed by atoms with van der Waals surface area (Å²) < 4.78 is 0. The predicted octanol–water partition coefficient (Wildman–Crippen LogP) is 0.482. The first kappa shape index (κ1) is 11.6. The van der Waals surface area contributed by atoms with Crippen LogP contribution in [0.5, 0.6) is 0 Å². The molecule has 1 aromatic heterocycles. The maximum atomic E-state index is 11.8. The van der Waals surface area contributed by atoms with Gasteiger partial charge in [-0.05, 0) is 18.6 Å². The lowest BCUT2D eigenvalue weighted by Gasteiger charge is -2.15. The van der Waals surface area contributed by atoms with E-state index >= 15 is 0 Å². The second kappa shape index (κ2) is 4.53. The minimum absolute atomic E-state index is 0.0884. The van der Waals surface area contributed by atoms with Crippen LogP contribution in [0.3, 0.4) is 0 Å².